The number of nitrogens with zero attached hydrogens (tertiary/aromatic N) is 3. The first-order valence-corrected chi connectivity index (χ1v) is 8.94. The molecule has 0 bridgehead atoms. The van der Waals surface area contributed by atoms with Gasteiger partial charge in [-0.05, 0) is 45.4 Å². The van der Waals surface area contributed by atoms with Crippen LogP contribution in [0.1, 0.15) is 45.4 Å². The molecular weight excluding hydrogens is 278 g/mol. The summed E-state index contributed by atoms with van der Waals surface area (Å²) in [6.07, 6.45) is 6.21. The molecule has 0 aromatic rings. The van der Waals surface area contributed by atoms with Crippen LogP contribution in [-0.4, -0.2) is 65.9 Å². The Balaban J connectivity index is 1.45. The molecule has 2 heterocycles. The van der Waals surface area contributed by atoms with E-state index in [-0.39, 0.29) is 11.8 Å². The van der Waals surface area contributed by atoms with Gasteiger partial charge in [0, 0.05) is 51.1 Å². The Kier molecular flexibility index (Phi) is 5.14. The van der Waals surface area contributed by atoms with Gasteiger partial charge in [-0.15, -0.1) is 0 Å². The summed E-state index contributed by atoms with van der Waals surface area (Å²) in [6.45, 7) is 7.74. The van der Waals surface area contributed by atoms with Crippen molar-refractivity contribution in [2.24, 2.45) is 11.8 Å². The molecular formula is C17H29N3O2. The zero-order valence-electron chi connectivity index (χ0n) is 13.8. The average molecular weight is 307 g/mol. The van der Waals surface area contributed by atoms with Crippen LogP contribution in [0.4, 0.5) is 0 Å². The number of hydrogen-bond donors (Lipinski definition) is 0. The zero-order chi connectivity index (χ0) is 15.5. The van der Waals surface area contributed by atoms with E-state index in [0.29, 0.717) is 11.7 Å². The monoisotopic (exact) mass is 307 g/mol. The molecule has 5 heteroatoms. The first-order valence-electron chi connectivity index (χ1n) is 8.94. The molecule has 22 heavy (non-hydrogen) atoms. The molecule has 3 aliphatic rings. The number of carbonyl (C=O) groups excluding carboxylic acids is 2. The topological polar surface area (TPSA) is 43.9 Å². The van der Waals surface area contributed by atoms with Crippen LogP contribution in [0.25, 0.3) is 0 Å². The first-order chi connectivity index (χ1) is 10.6. The largest absolute Gasteiger partial charge is 0.340 e. The molecule has 5 nitrogen and oxygen atoms in total. The molecule has 3 rings (SSSR count). The van der Waals surface area contributed by atoms with E-state index in [1.807, 2.05) is 0 Å². The maximum Gasteiger partial charge on any atom is 0.225 e. The Morgan fingerprint density at radius 1 is 0.727 bits per heavy atom. The van der Waals surface area contributed by atoms with Gasteiger partial charge in [0.05, 0.1) is 0 Å². The van der Waals surface area contributed by atoms with Crippen LogP contribution in [0.2, 0.25) is 0 Å². The number of carbonyl (C=O) groups is 2. The van der Waals surface area contributed by atoms with E-state index in [1.54, 1.807) is 6.92 Å². The van der Waals surface area contributed by atoms with Crippen molar-refractivity contribution in [3.05, 3.63) is 0 Å². The van der Waals surface area contributed by atoms with Crippen molar-refractivity contribution in [2.45, 2.75) is 45.4 Å². The Hall–Kier alpha value is -0.940. The third-order valence-electron chi connectivity index (χ3n) is 5.70. The van der Waals surface area contributed by atoms with E-state index in [1.165, 1.54) is 25.9 Å². The van der Waals surface area contributed by atoms with Gasteiger partial charge in [-0.1, -0.05) is 0 Å². The molecule has 0 aromatic carbocycles. The van der Waals surface area contributed by atoms with Gasteiger partial charge in [0.15, 0.2) is 0 Å². The molecule has 0 spiro atoms. The number of Topliss-reactive ketones (excluding diaryl/α,β-unsaturated/α-hetero) is 1. The van der Waals surface area contributed by atoms with E-state index in [9.17, 15) is 9.59 Å². The minimum atomic E-state index is 0.161. The number of ketones is 1. The normalized spacial score (nSPS) is 31.4. The SMILES string of the molecule is CC(=O)C1CCC(C(=O)N2CCN(N3CCCC3)CC2)CC1. The summed E-state index contributed by atoms with van der Waals surface area (Å²) >= 11 is 0. The van der Waals surface area contributed by atoms with E-state index < -0.39 is 0 Å². The number of hydrazine groups is 1. The van der Waals surface area contributed by atoms with Crippen molar-refractivity contribution in [2.75, 3.05) is 39.3 Å². The van der Waals surface area contributed by atoms with Gasteiger partial charge >= 0.3 is 0 Å². The third kappa shape index (κ3) is 3.51. The minimum absolute atomic E-state index is 0.161. The molecule has 0 unspecified atom stereocenters. The predicted molar refractivity (Wildman–Crippen MR) is 85.1 cm³/mol. The maximum absolute atomic E-state index is 12.7. The Morgan fingerprint density at radius 3 is 1.77 bits per heavy atom. The summed E-state index contributed by atoms with van der Waals surface area (Å²) in [5.41, 5.74) is 0. The molecule has 3 fully saturated rings. The molecule has 0 aromatic heterocycles. The highest BCUT2D eigenvalue weighted by molar-refractivity contribution is 5.81. The minimum Gasteiger partial charge on any atom is -0.340 e. The van der Waals surface area contributed by atoms with Crippen molar-refractivity contribution >= 4 is 11.7 Å². The highest BCUT2D eigenvalue weighted by Crippen LogP contribution is 2.30. The van der Waals surface area contributed by atoms with Gasteiger partial charge < -0.3 is 4.90 Å². The van der Waals surface area contributed by atoms with E-state index in [0.717, 1.165) is 51.9 Å². The van der Waals surface area contributed by atoms with E-state index in [4.69, 9.17) is 0 Å². The van der Waals surface area contributed by atoms with Gasteiger partial charge in [0.25, 0.3) is 0 Å². The summed E-state index contributed by atoms with van der Waals surface area (Å²) in [4.78, 5) is 26.2. The molecule has 0 atom stereocenters. The van der Waals surface area contributed by atoms with Crippen molar-refractivity contribution < 1.29 is 9.59 Å². The van der Waals surface area contributed by atoms with Crippen molar-refractivity contribution in [1.29, 1.82) is 0 Å². The van der Waals surface area contributed by atoms with Crippen molar-refractivity contribution in [3.63, 3.8) is 0 Å². The average Bonchev–Trinajstić information content (AvgIpc) is 3.09. The summed E-state index contributed by atoms with van der Waals surface area (Å²) < 4.78 is 0. The van der Waals surface area contributed by atoms with Crippen LogP contribution in [0, 0.1) is 11.8 Å². The summed E-state index contributed by atoms with van der Waals surface area (Å²) in [6, 6.07) is 0. The Morgan fingerprint density at radius 2 is 1.23 bits per heavy atom. The second-order valence-corrected chi connectivity index (χ2v) is 7.10. The molecule has 124 valence electrons. The highest BCUT2D eigenvalue weighted by atomic mass is 16.2. The molecule has 1 aliphatic carbocycles. The number of rotatable bonds is 3. The zero-order valence-corrected chi connectivity index (χ0v) is 13.8. The molecule has 0 radical (unpaired) electrons. The van der Waals surface area contributed by atoms with Gasteiger partial charge in [-0.25, -0.2) is 10.0 Å². The van der Waals surface area contributed by atoms with E-state index >= 15 is 0 Å². The summed E-state index contributed by atoms with van der Waals surface area (Å²) in [7, 11) is 0. The molecule has 0 N–H and O–H groups in total. The fourth-order valence-electron chi connectivity index (χ4n) is 4.19. The standard InChI is InChI=1S/C17H29N3O2/c1-14(21)15-4-6-16(7-5-15)17(22)18-10-12-20(13-11-18)19-8-2-3-9-19/h15-16H,2-13H2,1H3. The number of hydrogen-bond acceptors (Lipinski definition) is 4. The van der Waals surface area contributed by atoms with Crippen LogP contribution in [0.3, 0.4) is 0 Å². The summed E-state index contributed by atoms with van der Waals surface area (Å²) in [5, 5.41) is 4.89. The van der Waals surface area contributed by atoms with E-state index in [2.05, 4.69) is 14.9 Å². The van der Waals surface area contributed by atoms with Gasteiger partial charge in [0.2, 0.25) is 5.91 Å². The van der Waals surface area contributed by atoms with Crippen molar-refractivity contribution in [1.82, 2.24) is 14.9 Å². The Bertz CT molecular complexity index is 404. The van der Waals surface area contributed by atoms with Gasteiger partial charge in [0.1, 0.15) is 5.78 Å². The van der Waals surface area contributed by atoms with Crippen molar-refractivity contribution in [3.8, 4) is 0 Å². The second-order valence-electron chi connectivity index (χ2n) is 7.10. The first kappa shape index (κ1) is 15.9. The third-order valence-corrected chi connectivity index (χ3v) is 5.70. The smallest absolute Gasteiger partial charge is 0.225 e. The lowest BCUT2D eigenvalue weighted by molar-refractivity contribution is -0.142. The fraction of sp³-hybridized carbons (Fsp3) is 0.882. The summed E-state index contributed by atoms with van der Waals surface area (Å²) in [5.74, 6) is 0.998. The molecule has 1 amide bonds. The number of amides is 1. The van der Waals surface area contributed by atoms with Crippen LogP contribution >= 0.6 is 0 Å². The lowest BCUT2D eigenvalue weighted by Crippen LogP contribution is -2.55. The van der Waals surface area contributed by atoms with Crippen LogP contribution < -0.4 is 0 Å². The van der Waals surface area contributed by atoms with Crippen LogP contribution in [-0.2, 0) is 9.59 Å². The predicted octanol–water partition coefficient (Wildman–Crippen LogP) is 1.54. The van der Waals surface area contributed by atoms with Gasteiger partial charge in [-0.2, -0.15) is 0 Å². The second kappa shape index (κ2) is 7.09. The number of piperazine rings is 1. The highest BCUT2D eigenvalue weighted by Gasteiger charge is 2.33. The molecule has 2 aliphatic heterocycles. The fourth-order valence-corrected chi connectivity index (χ4v) is 4.19. The van der Waals surface area contributed by atoms with Crippen LogP contribution in [0.5, 0.6) is 0 Å². The Labute approximate surface area is 133 Å². The van der Waals surface area contributed by atoms with Gasteiger partial charge in [-0.3, -0.25) is 9.59 Å². The maximum atomic E-state index is 12.7. The lowest BCUT2D eigenvalue weighted by Gasteiger charge is -2.41. The molecule has 2 saturated heterocycles. The van der Waals surface area contributed by atoms with Crippen LogP contribution in [0.15, 0.2) is 0 Å². The molecule has 1 saturated carbocycles. The lowest BCUT2D eigenvalue weighted by atomic mass is 9.79. The quantitative estimate of drug-likeness (QED) is 0.793.